The molecule has 4 aromatic rings. The van der Waals surface area contributed by atoms with Crippen LogP contribution >= 0.6 is 15.9 Å². The minimum absolute atomic E-state index is 0.0770. The number of nitro benzene ring substituents is 1. The second kappa shape index (κ2) is 7.10. The molecule has 4 nitrogen and oxygen atoms in total. The Labute approximate surface area is 189 Å². The van der Waals surface area contributed by atoms with Crippen LogP contribution in [0.5, 0.6) is 0 Å². The van der Waals surface area contributed by atoms with Gasteiger partial charge < -0.3 is 5.73 Å². The van der Waals surface area contributed by atoms with E-state index in [4.69, 9.17) is 5.73 Å². The molecule has 0 spiro atoms. The standard InChI is InChI=1S/C25H18BBrN2O2/c26-17-5-11-21-22-12-6-18(27)14-24(22)25(23(21)13-17,15-1-7-19(28)8-2-15)16-3-9-20(10-4-16)29(30)31/h1-14H,26,28H2. The first-order valence-electron chi connectivity index (χ1n) is 9.94. The summed E-state index contributed by atoms with van der Waals surface area (Å²) in [7, 11) is 2.09. The molecule has 4 aromatic carbocycles. The molecule has 0 fully saturated rings. The monoisotopic (exact) mass is 468 g/mol. The molecule has 0 radical (unpaired) electrons. The van der Waals surface area contributed by atoms with E-state index in [1.807, 2.05) is 24.3 Å². The third-order valence-corrected chi connectivity index (χ3v) is 6.60. The number of benzene rings is 4. The average Bonchev–Trinajstić information content (AvgIpc) is 3.04. The summed E-state index contributed by atoms with van der Waals surface area (Å²) >= 11 is 3.65. The van der Waals surface area contributed by atoms with Gasteiger partial charge in [-0.15, -0.1) is 0 Å². The van der Waals surface area contributed by atoms with Crippen LogP contribution in [0.1, 0.15) is 22.3 Å². The predicted molar refractivity (Wildman–Crippen MR) is 131 cm³/mol. The Morgan fingerprint density at radius 1 is 0.806 bits per heavy atom. The van der Waals surface area contributed by atoms with Gasteiger partial charge in [0.15, 0.2) is 0 Å². The molecule has 0 saturated heterocycles. The first-order valence-corrected chi connectivity index (χ1v) is 10.7. The number of halogens is 1. The predicted octanol–water partition coefficient (Wildman–Crippen LogP) is 4.56. The number of fused-ring (bicyclic) bond motifs is 3. The normalized spacial score (nSPS) is 16.5. The molecule has 5 rings (SSSR count). The lowest BCUT2D eigenvalue weighted by atomic mass is 9.67. The quantitative estimate of drug-likeness (QED) is 0.182. The smallest absolute Gasteiger partial charge is 0.269 e. The largest absolute Gasteiger partial charge is 0.399 e. The zero-order chi connectivity index (χ0) is 21.8. The van der Waals surface area contributed by atoms with Crippen LogP contribution in [0, 0.1) is 10.1 Å². The Bertz CT molecular complexity index is 1280. The zero-order valence-electron chi connectivity index (χ0n) is 16.8. The highest BCUT2D eigenvalue weighted by Crippen LogP contribution is 2.56. The molecule has 1 unspecified atom stereocenters. The molecule has 1 aliphatic rings. The van der Waals surface area contributed by atoms with E-state index in [0.29, 0.717) is 5.69 Å². The van der Waals surface area contributed by atoms with Gasteiger partial charge in [0.25, 0.3) is 5.69 Å². The number of nitrogens with two attached hydrogens (primary N) is 1. The van der Waals surface area contributed by atoms with E-state index in [1.165, 1.54) is 11.1 Å². The van der Waals surface area contributed by atoms with Crippen molar-refractivity contribution >= 4 is 40.6 Å². The molecule has 0 saturated carbocycles. The fourth-order valence-corrected chi connectivity index (χ4v) is 5.13. The third-order valence-electron chi connectivity index (χ3n) is 6.11. The van der Waals surface area contributed by atoms with Crippen molar-refractivity contribution in [3.8, 4) is 11.1 Å². The number of nitrogen functional groups attached to an aromatic ring is 1. The van der Waals surface area contributed by atoms with Crippen molar-refractivity contribution < 1.29 is 4.92 Å². The maximum absolute atomic E-state index is 11.3. The van der Waals surface area contributed by atoms with Crippen molar-refractivity contribution in [3.05, 3.63) is 122 Å². The van der Waals surface area contributed by atoms with E-state index in [0.717, 1.165) is 32.2 Å². The molecule has 6 heteroatoms. The van der Waals surface area contributed by atoms with Crippen molar-refractivity contribution in [2.24, 2.45) is 0 Å². The lowest BCUT2D eigenvalue weighted by Crippen LogP contribution is -2.29. The Morgan fingerprint density at radius 3 is 1.97 bits per heavy atom. The second-order valence-corrected chi connectivity index (χ2v) is 8.83. The minimum Gasteiger partial charge on any atom is -0.399 e. The van der Waals surface area contributed by atoms with Crippen molar-refractivity contribution in [3.63, 3.8) is 0 Å². The van der Waals surface area contributed by atoms with Crippen LogP contribution in [-0.4, -0.2) is 12.8 Å². The summed E-state index contributed by atoms with van der Waals surface area (Å²) in [5.74, 6) is 0. The fourth-order valence-electron chi connectivity index (χ4n) is 4.76. The van der Waals surface area contributed by atoms with E-state index >= 15 is 0 Å². The van der Waals surface area contributed by atoms with Gasteiger partial charge in [0, 0.05) is 22.3 Å². The molecule has 0 heterocycles. The summed E-state index contributed by atoms with van der Waals surface area (Å²) in [6, 6.07) is 27.7. The van der Waals surface area contributed by atoms with Gasteiger partial charge in [0.05, 0.1) is 10.3 Å². The molecule has 1 aliphatic carbocycles. The minimum atomic E-state index is -0.608. The first-order chi connectivity index (χ1) is 14.9. The lowest BCUT2D eigenvalue weighted by molar-refractivity contribution is -0.384. The number of nitro groups is 1. The molecule has 150 valence electrons. The summed E-state index contributed by atoms with van der Waals surface area (Å²) in [5.41, 5.74) is 14.0. The Hall–Kier alpha value is -3.38. The number of non-ortho nitro benzene ring substituents is 1. The van der Waals surface area contributed by atoms with Crippen LogP contribution in [0.2, 0.25) is 0 Å². The van der Waals surface area contributed by atoms with Crippen LogP contribution in [0.15, 0.2) is 89.4 Å². The summed E-state index contributed by atoms with van der Waals surface area (Å²) in [5, 5.41) is 11.3. The number of nitrogens with zero attached hydrogens (tertiary/aromatic N) is 1. The first kappa shape index (κ1) is 19.6. The summed E-state index contributed by atoms with van der Waals surface area (Å²) in [6.07, 6.45) is 0. The number of hydrogen-bond donors (Lipinski definition) is 1. The Kier molecular flexibility index (Phi) is 4.48. The maximum atomic E-state index is 11.3. The lowest BCUT2D eigenvalue weighted by Gasteiger charge is -2.34. The maximum Gasteiger partial charge on any atom is 0.269 e. The van der Waals surface area contributed by atoms with E-state index in [-0.39, 0.29) is 10.6 Å². The van der Waals surface area contributed by atoms with Crippen LogP contribution in [0.25, 0.3) is 11.1 Å². The average molecular weight is 469 g/mol. The molecule has 0 aliphatic heterocycles. The summed E-state index contributed by atoms with van der Waals surface area (Å²) < 4.78 is 0.984. The van der Waals surface area contributed by atoms with Gasteiger partial charge in [-0.2, -0.15) is 0 Å². The SMILES string of the molecule is Bc1ccc2c(c1)C(c1ccc(N)cc1)(c1ccc([N+](=O)[O-])cc1)c1cc(Br)ccc1-2. The topological polar surface area (TPSA) is 69.2 Å². The number of anilines is 1. The zero-order valence-corrected chi connectivity index (χ0v) is 18.4. The van der Waals surface area contributed by atoms with Gasteiger partial charge in [-0.25, -0.2) is 0 Å². The van der Waals surface area contributed by atoms with Crippen molar-refractivity contribution in [2.45, 2.75) is 5.41 Å². The van der Waals surface area contributed by atoms with Crippen LogP contribution in [0.4, 0.5) is 11.4 Å². The highest BCUT2D eigenvalue weighted by atomic mass is 79.9. The van der Waals surface area contributed by atoms with Crippen LogP contribution in [0.3, 0.4) is 0 Å². The van der Waals surface area contributed by atoms with Crippen molar-refractivity contribution in [2.75, 3.05) is 5.73 Å². The number of rotatable bonds is 3. The van der Waals surface area contributed by atoms with E-state index in [2.05, 4.69) is 72.3 Å². The molecule has 0 bridgehead atoms. The van der Waals surface area contributed by atoms with E-state index in [1.54, 1.807) is 12.1 Å². The Balaban J connectivity index is 1.93. The molecule has 1 atom stereocenters. The van der Waals surface area contributed by atoms with Gasteiger partial charge >= 0.3 is 0 Å². The second-order valence-electron chi connectivity index (χ2n) is 7.91. The van der Waals surface area contributed by atoms with E-state index < -0.39 is 5.41 Å². The van der Waals surface area contributed by atoms with Gasteiger partial charge in [0.2, 0.25) is 0 Å². The van der Waals surface area contributed by atoms with Gasteiger partial charge in [-0.05, 0) is 57.6 Å². The molecule has 0 amide bonds. The molecule has 31 heavy (non-hydrogen) atoms. The molecule has 0 aromatic heterocycles. The third kappa shape index (κ3) is 2.90. The molecule has 2 N–H and O–H groups in total. The van der Waals surface area contributed by atoms with Crippen molar-refractivity contribution in [1.29, 1.82) is 0 Å². The highest BCUT2D eigenvalue weighted by Gasteiger charge is 2.46. The van der Waals surface area contributed by atoms with Crippen LogP contribution in [-0.2, 0) is 5.41 Å². The van der Waals surface area contributed by atoms with Crippen molar-refractivity contribution in [1.82, 2.24) is 0 Å². The molecular formula is C25H18BBrN2O2. The fraction of sp³-hybridized carbons (Fsp3) is 0.0400. The summed E-state index contributed by atoms with van der Waals surface area (Å²) in [4.78, 5) is 10.9. The van der Waals surface area contributed by atoms with Gasteiger partial charge in [-0.3, -0.25) is 10.1 Å². The van der Waals surface area contributed by atoms with Gasteiger partial charge in [-0.1, -0.05) is 69.9 Å². The summed E-state index contributed by atoms with van der Waals surface area (Å²) in [6.45, 7) is 0. The van der Waals surface area contributed by atoms with E-state index in [9.17, 15) is 10.1 Å². The van der Waals surface area contributed by atoms with Gasteiger partial charge in [0.1, 0.15) is 7.85 Å². The van der Waals surface area contributed by atoms with Crippen LogP contribution < -0.4 is 11.2 Å². The molecular weight excluding hydrogens is 451 g/mol. The Morgan fingerprint density at radius 2 is 1.35 bits per heavy atom. The number of hydrogen-bond acceptors (Lipinski definition) is 3. The highest BCUT2D eigenvalue weighted by molar-refractivity contribution is 9.10.